The molecule has 1 amide bonds. The zero-order valence-electron chi connectivity index (χ0n) is 57.8. The van der Waals surface area contributed by atoms with Crippen LogP contribution in [0.15, 0.2) is 35.3 Å². The lowest BCUT2D eigenvalue weighted by Gasteiger charge is -2.39. The van der Waals surface area contributed by atoms with Crippen molar-refractivity contribution in [2.24, 2.45) is 10.9 Å². The molecule has 0 atom stereocenters. The molecule has 6 fully saturated rings. The van der Waals surface area contributed by atoms with Gasteiger partial charge in [0.05, 0.1) is 117 Å². The fourth-order valence-corrected chi connectivity index (χ4v) is 11.8. The van der Waals surface area contributed by atoms with Gasteiger partial charge in [-0.1, -0.05) is 148 Å². The second kappa shape index (κ2) is 50.9. The minimum Gasteiger partial charge on any atom is -0.545 e. The van der Waals surface area contributed by atoms with Crippen LogP contribution in [0.5, 0.6) is 0 Å². The maximum absolute atomic E-state index is 12.2. The number of amides is 1. The molecular formula is C71H130N6O12. The normalized spacial score (nSPS) is 18.6. The van der Waals surface area contributed by atoms with Crippen LogP contribution in [0.3, 0.4) is 0 Å². The molecule has 3 aliphatic heterocycles. The molecule has 0 aromatic heterocycles. The number of morpholine rings is 2. The number of guanidine groups is 1. The molecule has 0 spiro atoms. The first-order valence-electron chi connectivity index (χ1n) is 35.8. The number of nitrogens with zero attached hydrogens (tertiary/aromatic N) is 5. The maximum Gasteiger partial charge on any atom is 0.410 e. The number of benzene rings is 1. The van der Waals surface area contributed by atoms with Gasteiger partial charge in [0.2, 0.25) is 0 Å². The Balaban J connectivity index is 0.000000298. The number of aliphatic imine (C=N–C) groups is 1. The van der Waals surface area contributed by atoms with Crippen LogP contribution in [0.4, 0.5) is 4.79 Å². The van der Waals surface area contributed by atoms with Gasteiger partial charge in [-0.05, 0) is 90.0 Å². The number of carboxylic acids is 1. The molecule has 3 aliphatic carbocycles. The van der Waals surface area contributed by atoms with Gasteiger partial charge >= 0.3 is 12.1 Å². The molecule has 1 aromatic rings. The molecule has 0 unspecified atom stereocenters. The fourth-order valence-electron chi connectivity index (χ4n) is 11.8. The van der Waals surface area contributed by atoms with Crippen molar-refractivity contribution in [3.05, 3.63) is 35.9 Å². The third-order valence-electron chi connectivity index (χ3n) is 18.1. The number of carboxylic acid groups (broad SMARTS) is 1. The Morgan fingerprint density at radius 1 is 0.596 bits per heavy atom. The van der Waals surface area contributed by atoms with Gasteiger partial charge in [-0.25, -0.2) is 9.79 Å². The van der Waals surface area contributed by atoms with E-state index in [1.54, 1.807) is 30.2 Å². The van der Waals surface area contributed by atoms with E-state index in [9.17, 15) is 19.5 Å². The van der Waals surface area contributed by atoms with Crippen molar-refractivity contribution in [3.8, 4) is 0 Å². The number of aromatic carboxylic acids is 1. The molecule has 3 saturated carbocycles. The van der Waals surface area contributed by atoms with E-state index >= 15 is 0 Å². The van der Waals surface area contributed by atoms with Crippen LogP contribution in [0.1, 0.15) is 226 Å². The predicted molar refractivity (Wildman–Crippen MR) is 357 cm³/mol. The number of esters is 1. The molecule has 516 valence electrons. The molecule has 0 radical (unpaired) electrons. The van der Waals surface area contributed by atoms with Crippen molar-refractivity contribution in [3.63, 3.8) is 0 Å². The first kappa shape index (κ1) is 79.6. The number of hydrogen-bond donors (Lipinski definition) is 1. The van der Waals surface area contributed by atoms with E-state index in [-0.39, 0.29) is 29.6 Å². The second-order valence-corrected chi connectivity index (χ2v) is 25.9. The third-order valence-corrected chi connectivity index (χ3v) is 18.1. The van der Waals surface area contributed by atoms with Gasteiger partial charge in [-0.3, -0.25) is 9.69 Å². The van der Waals surface area contributed by atoms with Crippen LogP contribution in [0.2, 0.25) is 0 Å². The number of carbonyl (C=O) groups is 3. The fraction of sp³-hybridized carbons (Fsp3) is 0.859. The van der Waals surface area contributed by atoms with Crippen molar-refractivity contribution in [2.45, 2.75) is 239 Å². The number of piperidine rings is 1. The molecule has 1 aromatic carbocycles. The number of methoxy groups -OCH3 is 1. The zero-order valence-corrected chi connectivity index (χ0v) is 57.8. The van der Waals surface area contributed by atoms with Crippen LogP contribution in [-0.2, 0) is 42.7 Å². The minimum absolute atomic E-state index is 0.0298. The van der Waals surface area contributed by atoms with E-state index in [4.69, 9.17) is 42.9 Å². The van der Waals surface area contributed by atoms with Crippen molar-refractivity contribution in [1.29, 1.82) is 0 Å². The van der Waals surface area contributed by atoms with Crippen LogP contribution >= 0.6 is 0 Å². The number of likely N-dealkylation sites (tertiary alicyclic amines) is 1. The van der Waals surface area contributed by atoms with E-state index in [0.29, 0.717) is 77.7 Å². The van der Waals surface area contributed by atoms with Gasteiger partial charge in [0.1, 0.15) is 11.7 Å². The van der Waals surface area contributed by atoms with Crippen molar-refractivity contribution < 1.29 is 61.9 Å². The predicted octanol–water partition coefficient (Wildman–Crippen LogP) is 11.9. The minimum atomic E-state index is -1.13. The van der Waals surface area contributed by atoms with Crippen molar-refractivity contribution >= 4 is 24.0 Å². The summed E-state index contributed by atoms with van der Waals surface area (Å²) in [5.41, 5.74) is -0.209. The lowest BCUT2D eigenvalue weighted by Crippen LogP contribution is -2.51. The SMILES string of the molecule is C1CCC(N=C(NC2CCCCC2)N2CCOCC2)CC1.CCC(C)(C)OC(=O)N1CCC(OC(=O)C2CCCCC2)CC1.CCCC[N+](CCCC)(CCCC)CCCC.COCCOCCOCCOCCN1CCOCC1.O=C([O-])c1ccccc1. The van der Waals surface area contributed by atoms with Crippen LogP contribution < -0.4 is 10.4 Å². The molecule has 3 saturated heterocycles. The number of quaternary nitrogens is 1. The number of rotatable bonds is 31. The Morgan fingerprint density at radius 2 is 1.07 bits per heavy atom. The topological polar surface area (TPSA) is 182 Å². The highest BCUT2D eigenvalue weighted by atomic mass is 16.6. The van der Waals surface area contributed by atoms with Crippen molar-refractivity contribution in [2.75, 3.05) is 152 Å². The molecule has 89 heavy (non-hydrogen) atoms. The Labute approximate surface area is 541 Å². The van der Waals surface area contributed by atoms with Gasteiger partial charge in [0.25, 0.3) is 0 Å². The van der Waals surface area contributed by atoms with Gasteiger partial charge < -0.3 is 67.4 Å². The van der Waals surface area contributed by atoms with E-state index in [1.165, 1.54) is 171 Å². The quantitative estimate of drug-likeness (QED) is 0.0243. The smallest absolute Gasteiger partial charge is 0.410 e. The summed E-state index contributed by atoms with van der Waals surface area (Å²) < 4.78 is 44.4. The molecular weight excluding hydrogens is 1130 g/mol. The summed E-state index contributed by atoms with van der Waals surface area (Å²) in [6.45, 7) is 34.9. The summed E-state index contributed by atoms with van der Waals surface area (Å²) in [6.07, 6.45) is 31.8. The first-order chi connectivity index (χ1) is 43.3. The lowest BCUT2D eigenvalue weighted by atomic mass is 9.89. The van der Waals surface area contributed by atoms with Crippen LogP contribution in [0, 0.1) is 5.92 Å². The monoisotopic (exact) mass is 1260 g/mol. The molecule has 1 N–H and O–H groups in total. The molecule has 3 heterocycles. The summed E-state index contributed by atoms with van der Waals surface area (Å²) in [4.78, 5) is 46.0. The maximum atomic E-state index is 12.2. The van der Waals surface area contributed by atoms with Crippen LogP contribution in [-0.4, -0.2) is 219 Å². The Hall–Kier alpha value is -3.62. The highest BCUT2D eigenvalue weighted by Crippen LogP contribution is 2.28. The first-order valence-corrected chi connectivity index (χ1v) is 35.8. The molecule has 7 rings (SSSR count). The van der Waals surface area contributed by atoms with Crippen LogP contribution in [0.25, 0.3) is 0 Å². The summed E-state index contributed by atoms with van der Waals surface area (Å²) in [7, 11) is 1.66. The Morgan fingerprint density at radius 3 is 1.54 bits per heavy atom. The molecule has 18 heteroatoms. The van der Waals surface area contributed by atoms with Crippen molar-refractivity contribution in [1.82, 2.24) is 20.0 Å². The highest BCUT2D eigenvalue weighted by molar-refractivity contribution is 5.85. The van der Waals surface area contributed by atoms with E-state index in [0.717, 1.165) is 97.9 Å². The summed E-state index contributed by atoms with van der Waals surface area (Å²) in [5.74, 6) is 0.114. The molecule has 0 bridgehead atoms. The summed E-state index contributed by atoms with van der Waals surface area (Å²) in [6, 6.07) is 9.25. The zero-order chi connectivity index (χ0) is 64.5. The number of carbonyl (C=O) groups excluding carboxylic acids is 3. The van der Waals surface area contributed by atoms with E-state index in [1.807, 2.05) is 20.8 Å². The van der Waals surface area contributed by atoms with Gasteiger partial charge in [-0.15, -0.1) is 0 Å². The van der Waals surface area contributed by atoms with Gasteiger partial charge in [0.15, 0.2) is 5.96 Å². The largest absolute Gasteiger partial charge is 0.545 e. The third kappa shape index (κ3) is 37.6. The Kier molecular flexibility index (Phi) is 45.5. The number of nitrogens with one attached hydrogen (secondary N) is 1. The standard InChI is InChI=1S/C18H31NO4.C17H31N3O.C16H36N.C13H27NO5.C7H6O2/c1-4-18(2,3)23-17(21)19-12-10-15(11-13-19)22-16(20)14-8-6-5-7-9-14;1-3-7-15(8-4-1)18-17(20-11-13-21-14-12-20)19-16-9-5-2-6-10-16;1-5-9-13-17(14-10-6-2,15-11-7-3)16-12-8-4;1-15-8-9-18-12-13-19-11-10-17-7-4-14-2-5-16-6-3-14;8-7(9)6-4-2-1-3-5-6/h14-15H,4-13H2,1-3H3;15-16H,1-14H2,(H,18,19);5-16H2,1-4H3;2-13H2,1H3;1-5H,(H,8,9)/q;;+1;;/p-1. The Bertz CT molecular complexity index is 1860. The highest BCUT2D eigenvalue weighted by Gasteiger charge is 2.32. The number of unbranched alkanes of at least 4 members (excludes halogenated alkanes) is 4. The average molecular weight is 1260 g/mol. The van der Waals surface area contributed by atoms with Gasteiger partial charge in [0, 0.05) is 71.8 Å². The molecule has 18 nitrogen and oxygen atoms in total. The van der Waals surface area contributed by atoms with E-state index in [2.05, 4.69) is 42.8 Å². The second-order valence-electron chi connectivity index (χ2n) is 25.9. The van der Waals surface area contributed by atoms with Gasteiger partial charge in [-0.2, -0.15) is 0 Å². The van der Waals surface area contributed by atoms with E-state index < -0.39 is 11.6 Å². The average Bonchev–Trinajstić information content (AvgIpc) is 3.72. The number of ether oxygens (including phenoxy) is 8. The molecule has 6 aliphatic rings. The summed E-state index contributed by atoms with van der Waals surface area (Å²) >= 11 is 0. The number of hydrogen-bond acceptors (Lipinski definition) is 14. The summed E-state index contributed by atoms with van der Waals surface area (Å²) in [5, 5.41) is 13.9. The lowest BCUT2D eigenvalue weighted by molar-refractivity contribution is -0.929.